The summed E-state index contributed by atoms with van der Waals surface area (Å²) in [5.74, 6) is -1.00. The van der Waals surface area contributed by atoms with Gasteiger partial charge in [0.1, 0.15) is 5.82 Å². The summed E-state index contributed by atoms with van der Waals surface area (Å²) in [6.45, 7) is 2.18. The van der Waals surface area contributed by atoms with Crippen molar-refractivity contribution >= 4 is 62.4 Å². The van der Waals surface area contributed by atoms with Gasteiger partial charge in [-0.1, -0.05) is 46.9 Å². The van der Waals surface area contributed by atoms with Crippen LogP contribution in [0.1, 0.15) is 49.9 Å². The molecular formula is C32H31BrClFN4O5. The van der Waals surface area contributed by atoms with Gasteiger partial charge in [-0.25, -0.2) is 14.2 Å². The van der Waals surface area contributed by atoms with Crippen LogP contribution in [-0.4, -0.2) is 48.6 Å². The van der Waals surface area contributed by atoms with Gasteiger partial charge in [0.2, 0.25) is 17.7 Å². The molecule has 0 spiro atoms. The van der Waals surface area contributed by atoms with E-state index in [0.717, 1.165) is 0 Å². The lowest BCUT2D eigenvalue weighted by molar-refractivity contribution is -0.129. The van der Waals surface area contributed by atoms with Crippen LogP contribution in [0.15, 0.2) is 53.0 Å². The van der Waals surface area contributed by atoms with Crippen molar-refractivity contribution < 1.29 is 28.2 Å². The van der Waals surface area contributed by atoms with Crippen LogP contribution >= 0.6 is 27.5 Å². The number of carbonyl (C=O) groups excluding carboxylic acids is 3. The zero-order valence-electron chi connectivity index (χ0n) is 24.4. The number of halogens is 3. The highest BCUT2D eigenvalue weighted by Crippen LogP contribution is 2.40. The van der Waals surface area contributed by atoms with Gasteiger partial charge in [0, 0.05) is 45.9 Å². The van der Waals surface area contributed by atoms with Gasteiger partial charge in [0.15, 0.2) is 0 Å². The quantitative estimate of drug-likeness (QED) is 0.274. The molecular weight excluding hydrogens is 655 g/mol. The van der Waals surface area contributed by atoms with E-state index in [2.05, 4.69) is 26.6 Å². The van der Waals surface area contributed by atoms with Crippen LogP contribution in [0.5, 0.6) is 5.88 Å². The lowest BCUT2D eigenvalue weighted by Crippen LogP contribution is -2.38. The molecule has 0 radical (unpaired) electrons. The normalized spacial score (nSPS) is 18.7. The van der Waals surface area contributed by atoms with Gasteiger partial charge >= 0.3 is 6.09 Å². The lowest BCUT2D eigenvalue weighted by Gasteiger charge is -2.35. The minimum absolute atomic E-state index is 0.0157. The summed E-state index contributed by atoms with van der Waals surface area (Å²) in [5.41, 5.74) is 3.78. The van der Waals surface area contributed by atoms with Gasteiger partial charge in [-0.3, -0.25) is 14.9 Å². The predicted octanol–water partition coefficient (Wildman–Crippen LogP) is 7.61. The number of pyridine rings is 1. The number of nitrogens with zero attached hydrogens (tertiary/aromatic N) is 2. The fraction of sp³-hybridized carbons (Fsp3) is 0.312. The Labute approximate surface area is 267 Å². The number of ether oxygens (including phenoxy) is 2. The minimum Gasteiger partial charge on any atom is -0.481 e. The third kappa shape index (κ3) is 6.58. The number of fused-ring (bicyclic) bond motifs is 4. The Morgan fingerprint density at radius 1 is 1.16 bits per heavy atom. The molecule has 1 aromatic heterocycles. The molecule has 3 amide bonds. The number of amides is 3. The average molecular weight is 686 g/mol. The number of aromatic nitrogens is 1. The molecule has 5 rings (SSSR count). The highest BCUT2D eigenvalue weighted by molar-refractivity contribution is 9.10. The average Bonchev–Trinajstić information content (AvgIpc) is 3.01. The Kier molecular flexibility index (Phi) is 9.55. The largest absolute Gasteiger partial charge is 0.481 e. The van der Waals surface area contributed by atoms with Crippen LogP contribution in [0.4, 0.5) is 20.6 Å². The number of methoxy groups -OCH3 is 2. The summed E-state index contributed by atoms with van der Waals surface area (Å²) >= 11 is 9.45. The number of anilines is 2. The van der Waals surface area contributed by atoms with Crippen molar-refractivity contribution in [2.45, 2.75) is 38.6 Å². The number of hydrogen-bond acceptors (Lipinski definition) is 6. The molecule has 3 heterocycles. The highest BCUT2D eigenvalue weighted by Gasteiger charge is 2.31. The van der Waals surface area contributed by atoms with Gasteiger partial charge in [-0.2, -0.15) is 0 Å². The Balaban J connectivity index is 1.58. The molecule has 2 N–H and O–H groups in total. The summed E-state index contributed by atoms with van der Waals surface area (Å²) in [4.78, 5) is 45.3. The smallest absolute Gasteiger partial charge is 0.411 e. The first-order valence-electron chi connectivity index (χ1n) is 14.1. The fourth-order valence-electron chi connectivity index (χ4n) is 5.55. The standard InChI is InChI=1S/C32H31BrClFN4O5/c1-17-5-4-6-26(39-12-11-18(15-28(39)40)29-22(33)9-10-23(34)30(29)35)25-13-19(14-27(37-25)43-2)21-8-7-20(36-32(42)44-3)16-24(21)38-31(17)41/h7-10,13-17,26H,4-6,11-12H2,1-3H3,(H,36,42)(H,38,41)/t17-,26+/m1/s1. The minimum atomic E-state index is -0.637. The van der Waals surface area contributed by atoms with E-state index < -0.39 is 18.0 Å². The van der Waals surface area contributed by atoms with E-state index in [0.29, 0.717) is 76.3 Å². The predicted molar refractivity (Wildman–Crippen MR) is 170 cm³/mol. The summed E-state index contributed by atoms with van der Waals surface area (Å²) in [7, 11) is 2.78. The first kappa shape index (κ1) is 31.5. The van der Waals surface area contributed by atoms with Crippen molar-refractivity contribution in [3.8, 4) is 17.0 Å². The van der Waals surface area contributed by atoms with E-state index in [9.17, 15) is 18.8 Å². The van der Waals surface area contributed by atoms with E-state index in [4.69, 9.17) is 26.1 Å². The molecule has 12 heteroatoms. The second-order valence-electron chi connectivity index (χ2n) is 10.7. The van der Waals surface area contributed by atoms with E-state index >= 15 is 0 Å². The maximum absolute atomic E-state index is 15.0. The molecule has 0 aliphatic carbocycles. The molecule has 2 aromatic carbocycles. The number of hydrogen-bond donors (Lipinski definition) is 2. The summed E-state index contributed by atoms with van der Waals surface area (Å²) < 4.78 is 25.8. The fourth-order valence-corrected chi connectivity index (χ4v) is 6.27. The maximum Gasteiger partial charge on any atom is 0.411 e. The molecule has 2 bridgehead atoms. The van der Waals surface area contributed by atoms with Crippen molar-refractivity contribution in [3.63, 3.8) is 0 Å². The molecule has 0 fully saturated rings. The molecule has 0 saturated carbocycles. The summed E-state index contributed by atoms with van der Waals surface area (Å²) in [6, 6.07) is 11.5. The lowest BCUT2D eigenvalue weighted by atomic mass is 9.92. The van der Waals surface area contributed by atoms with Gasteiger partial charge in [0.25, 0.3) is 0 Å². The van der Waals surface area contributed by atoms with Gasteiger partial charge in [-0.15, -0.1) is 0 Å². The van der Waals surface area contributed by atoms with Crippen LogP contribution in [-0.2, 0) is 14.3 Å². The van der Waals surface area contributed by atoms with Gasteiger partial charge in [-0.05, 0) is 60.7 Å². The second-order valence-corrected chi connectivity index (χ2v) is 12.0. The third-order valence-electron chi connectivity index (χ3n) is 7.90. The number of rotatable bonds is 4. The Morgan fingerprint density at radius 2 is 1.95 bits per heavy atom. The van der Waals surface area contributed by atoms with Crippen molar-refractivity contribution in [3.05, 3.63) is 75.1 Å². The molecule has 230 valence electrons. The van der Waals surface area contributed by atoms with Crippen LogP contribution in [0.2, 0.25) is 5.02 Å². The topological polar surface area (TPSA) is 110 Å². The monoisotopic (exact) mass is 684 g/mol. The third-order valence-corrected chi connectivity index (χ3v) is 8.85. The summed E-state index contributed by atoms with van der Waals surface area (Å²) in [6.07, 6.45) is 2.99. The second kappa shape index (κ2) is 13.4. The Morgan fingerprint density at radius 3 is 2.68 bits per heavy atom. The van der Waals surface area contributed by atoms with Crippen molar-refractivity contribution in [2.24, 2.45) is 5.92 Å². The molecule has 44 heavy (non-hydrogen) atoms. The van der Waals surface area contributed by atoms with Crippen molar-refractivity contribution in [1.82, 2.24) is 9.88 Å². The molecule has 3 aromatic rings. The van der Waals surface area contributed by atoms with Crippen LogP contribution in [0, 0.1) is 11.7 Å². The molecule has 0 saturated heterocycles. The molecule has 9 nitrogen and oxygen atoms in total. The van der Waals surface area contributed by atoms with Crippen molar-refractivity contribution in [2.75, 3.05) is 31.4 Å². The van der Waals surface area contributed by atoms with Gasteiger partial charge < -0.3 is 19.7 Å². The molecule has 0 unspecified atom stereocenters. The number of nitrogens with one attached hydrogen (secondary N) is 2. The summed E-state index contributed by atoms with van der Waals surface area (Å²) in [5, 5.41) is 5.63. The zero-order chi connectivity index (χ0) is 31.5. The number of benzene rings is 2. The Bertz CT molecular complexity index is 1670. The SMILES string of the molecule is COC(=O)Nc1ccc2c(c1)NC(=O)[C@H](C)CCC[C@H](N1CCC(c3c(Br)ccc(Cl)c3F)=CC1=O)c1cc-2cc(OC)n1. The van der Waals surface area contributed by atoms with Crippen LogP contribution in [0.3, 0.4) is 0 Å². The van der Waals surface area contributed by atoms with E-state index in [1.807, 2.05) is 13.0 Å². The van der Waals surface area contributed by atoms with Crippen LogP contribution < -0.4 is 15.4 Å². The van der Waals surface area contributed by atoms with Crippen molar-refractivity contribution in [1.29, 1.82) is 0 Å². The highest BCUT2D eigenvalue weighted by atomic mass is 79.9. The number of carbonyl (C=O) groups is 3. The Hall–Kier alpha value is -3.96. The first-order valence-corrected chi connectivity index (χ1v) is 15.3. The maximum atomic E-state index is 15.0. The van der Waals surface area contributed by atoms with Gasteiger partial charge in [0.05, 0.1) is 36.7 Å². The molecule has 2 aliphatic heterocycles. The molecule has 2 aliphatic rings. The zero-order valence-corrected chi connectivity index (χ0v) is 26.7. The van der Waals surface area contributed by atoms with Crippen LogP contribution in [0.25, 0.3) is 16.7 Å². The van der Waals surface area contributed by atoms with E-state index in [1.54, 1.807) is 35.2 Å². The molecule has 2 atom stereocenters. The van der Waals surface area contributed by atoms with E-state index in [-0.39, 0.29) is 28.3 Å². The van der Waals surface area contributed by atoms with E-state index in [1.165, 1.54) is 26.4 Å². The first-order chi connectivity index (χ1) is 21.1.